The number of nitrogen functional groups attached to an aromatic ring is 1. The molecule has 0 saturated heterocycles. The summed E-state index contributed by atoms with van der Waals surface area (Å²) in [6.45, 7) is 4.07. The number of benzene rings is 2. The van der Waals surface area contributed by atoms with Gasteiger partial charge in [-0.05, 0) is 36.4 Å². The standard InChI is InChI=1S/C16H18N2OS/c1-3-20-14-10-6-9-13(15(14)16(17)18)19-12-8-5-4-7-11(12)2/h4-10H,3H2,1-2H3,(H3,17,18). The van der Waals surface area contributed by atoms with E-state index in [0.717, 1.165) is 22.0 Å². The molecule has 0 heterocycles. The van der Waals surface area contributed by atoms with Gasteiger partial charge in [-0.2, -0.15) is 0 Å². The predicted octanol–water partition coefficient (Wildman–Crippen LogP) is 4.18. The maximum atomic E-state index is 7.80. The number of nitrogens with one attached hydrogen (secondary N) is 1. The summed E-state index contributed by atoms with van der Waals surface area (Å²) in [6, 6.07) is 13.6. The lowest BCUT2D eigenvalue weighted by Crippen LogP contribution is -2.14. The third-order valence-corrected chi connectivity index (χ3v) is 3.81. The van der Waals surface area contributed by atoms with Crippen molar-refractivity contribution < 1.29 is 4.74 Å². The molecule has 0 aliphatic heterocycles. The van der Waals surface area contributed by atoms with Crippen molar-refractivity contribution >= 4 is 17.6 Å². The van der Waals surface area contributed by atoms with Crippen molar-refractivity contribution in [3.05, 3.63) is 53.6 Å². The third kappa shape index (κ3) is 3.14. The first-order chi connectivity index (χ1) is 9.63. The topological polar surface area (TPSA) is 59.1 Å². The quantitative estimate of drug-likeness (QED) is 0.492. The Morgan fingerprint density at radius 1 is 1.15 bits per heavy atom. The van der Waals surface area contributed by atoms with Crippen molar-refractivity contribution in [2.24, 2.45) is 5.73 Å². The number of hydrogen-bond donors (Lipinski definition) is 2. The molecule has 0 aliphatic carbocycles. The Balaban J connectivity index is 2.44. The number of ether oxygens (including phenoxy) is 1. The monoisotopic (exact) mass is 286 g/mol. The van der Waals surface area contributed by atoms with Crippen molar-refractivity contribution in [2.75, 3.05) is 5.75 Å². The van der Waals surface area contributed by atoms with Gasteiger partial charge in [-0.1, -0.05) is 31.2 Å². The van der Waals surface area contributed by atoms with Gasteiger partial charge in [0, 0.05) is 4.90 Å². The summed E-state index contributed by atoms with van der Waals surface area (Å²) >= 11 is 1.66. The van der Waals surface area contributed by atoms with Crippen molar-refractivity contribution in [2.45, 2.75) is 18.7 Å². The second kappa shape index (κ2) is 6.48. The lowest BCUT2D eigenvalue weighted by Gasteiger charge is -2.15. The minimum Gasteiger partial charge on any atom is -0.456 e. The molecule has 0 unspecified atom stereocenters. The molecule has 2 rings (SSSR count). The van der Waals surface area contributed by atoms with Crippen LogP contribution in [-0.4, -0.2) is 11.6 Å². The first kappa shape index (κ1) is 14.5. The van der Waals surface area contributed by atoms with E-state index in [2.05, 4.69) is 6.92 Å². The Bertz CT molecular complexity index is 626. The van der Waals surface area contributed by atoms with Crippen molar-refractivity contribution in [1.29, 1.82) is 5.41 Å². The zero-order valence-electron chi connectivity index (χ0n) is 11.6. The predicted molar refractivity (Wildman–Crippen MR) is 85.1 cm³/mol. The minimum atomic E-state index is 0.0325. The molecule has 0 atom stereocenters. The molecule has 0 spiro atoms. The van der Waals surface area contributed by atoms with Crippen LogP contribution in [0.4, 0.5) is 0 Å². The van der Waals surface area contributed by atoms with Crippen molar-refractivity contribution in [3.8, 4) is 11.5 Å². The van der Waals surface area contributed by atoms with Gasteiger partial charge in [0.25, 0.3) is 0 Å². The molecule has 2 aromatic carbocycles. The molecule has 0 saturated carbocycles. The Hall–Kier alpha value is -1.94. The largest absolute Gasteiger partial charge is 0.456 e. The Morgan fingerprint density at radius 2 is 1.85 bits per heavy atom. The average Bonchev–Trinajstić information content (AvgIpc) is 2.41. The number of amidine groups is 1. The summed E-state index contributed by atoms with van der Waals surface area (Å²) in [5, 5.41) is 7.80. The maximum absolute atomic E-state index is 7.80. The summed E-state index contributed by atoms with van der Waals surface area (Å²) in [4.78, 5) is 0.978. The van der Waals surface area contributed by atoms with E-state index < -0.39 is 0 Å². The molecule has 0 fully saturated rings. The molecule has 0 aromatic heterocycles. The maximum Gasteiger partial charge on any atom is 0.139 e. The summed E-state index contributed by atoms with van der Waals surface area (Å²) in [5.74, 6) is 2.37. The van der Waals surface area contributed by atoms with Gasteiger partial charge in [0.2, 0.25) is 0 Å². The molecule has 0 amide bonds. The summed E-state index contributed by atoms with van der Waals surface area (Å²) in [6.07, 6.45) is 0. The lowest BCUT2D eigenvalue weighted by molar-refractivity contribution is 0.476. The van der Waals surface area contributed by atoms with Gasteiger partial charge < -0.3 is 10.5 Å². The summed E-state index contributed by atoms with van der Waals surface area (Å²) in [7, 11) is 0. The minimum absolute atomic E-state index is 0.0325. The SMILES string of the molecule is CCSc1cccc(Oc2ccccc2C)c1C(=N)N. The van der Waals surface area contributed by atoms with Crippen molar-refractivity contribution in [1.82, 2.24) is 0 Å². The summed E-state index contributed by atoms with van der Waals surface area (Å²) in [5.41, 5.74) is 7.45. The molecular formula is C16H18N2OS. The van der Waals surface area contributed by atoms with Crippen LogP contribution in [0.3, 0.4) is 0 Å². The van der Waals surface area contributed by atoms with E-state index in [9.17, 15) is 0 Å². The first-order valence-electron chi connectivity index (χ1n) is 6.47. The molecule has 3 N–H and O–H groups in total. The molecule has 4 heteroatoms. The van der Waals surface area contributed by atoms with Crippen molar-refractivity contribution in [3.63, 3.8) is 0 Å². The third-order valence-electron chi connectivity index (χ3n) is 2.87. The molecule has 2 aromatic rings. The normalized spacial score (nSPS) is 10.3. The highest BCUT2D eigenvalue weighted by Crippen LogP contribution is 2.33. The number of para-hydroxylation sites is 1. The van der Waals surface area contributed by atoms with E-state index in [4.69, 9.17) is 15.9 Å². The Labute approximate surface area is 123 Å². The molecule has 0 radical (unpaired) electrons. The zero-order chi connectivity index (χ0) is 14.5. The van der Waals surface area contributed by atoms with Crippen LogP contribution in [0.1, 0.15) is 18.1 Å². The van der Waals surface area contributed by atoms with E-state index in [1.54, 1.807) is 11.8 Å². The van der Waals surface area contributed by atoms with Gasteiger partial charge in [0.15, 0.2) is 0 Å². The van der Waals surface area contributed by atoms with E-state index in [1.165, 1.54) is 0 Å². The van der Waals surface area contributed by atoms with Crippen LogP contribution < -0.4 is 10.5 Å². The van der Waals surface area contributed by atoms with E-state index >= 15 is 0 Å². The van der Waals surface area contributed by atoms with Gasteiger partial charge in [-0.15, -0.1) is 11.8 Å². The van der Waals surface area contributed by atoms with Gasteiger partial charge in [0.1, 0.15) is 17.3 Å². The van der Waals surface area contributed by atoms with Gasteiger partial charge in [0.05, 0.1) is 5.56 Å². The fourth-order valence-electron chi connectivity index (χ4n) is 1.93. The van der Waals surface area contributed by atoms with Crippen LogP contribution in [-0.2, 0) is 0 Å². The second-order valence-corrected chi connectivity index (χ2v) is 5.65. The molecular weight excluding hydrogens is 268 g/mol. The lowest BCUT2D eigenvalue weighted by atomic mass is 10.1. The van der Waals surface area contributed by atoms with Gasteiger partial charge in [-0.25, -0.2) is 0 Å². The number of aryl methyl sites for hydroxylation is 1. The van der Waals surface area contributed by atoms with E-state index in [0.29, 0.717) is 11.3 Å². The number of hydrogen-bond acceptors (Lipinski definition) is 3. The van der Waals surface area contributed by atoms with Crippen LogP contribution in [0.5, 0.6) is 11.5 Å². The molecule has 0 aliphatic rings. The summed E-state index contributed by atoms with van der Waals surface area (Å²) < 4.78 is 5.95. The van der Waals surface area contributed by atoms with E-state index in [1.807, 2.05) is 49.4 Å². The molecule has 3 nitrogen and oxygen atoms in total. The fourth-order valence-corrected chi connectivity index (χ4v) is 2.77. The number of rotatable bonds is 5. The van der Waals surface area contributed by atoms with Crippen LogP contribution in [0.15, 0.2) is 47.4 Å². The zero-order valence-corrected chi connectivity index (χ0v) is 12.5. The first-order valence-corrected chi connectivity index (χ1v) is 7.45. The number of thioether (sulfide) groups is 1. The van der Waals surface area contributed by atoms with Crippen LogP contribution in [0, 0.1) is 12.3 Å². The van der Waals surface area contributed by atoms with Crippen LogP contribution >= 0.6 is 11.8 Å². The Kier molecular flexibility index (Phi) is 4.69. The Morgan fingerprint density at radius 3 is 2.50 bits per heavy atom. The highest BCUT2D eigenvalue weighted by Gasteiger charge is 2.13. The van der Waals surface area contributed by atoms with Crippen LogP contribution in [0.25, 0.3) is 0 Å². The molecule has 20 heavy (non-hydrogen) atoms. The van der Waals surface area contributed by atoms with E-state index in [-0.39, 0.29) is 5.84 Å². The molecule has 0 bridgehead atoms. The second-order valence-electron chi connectivity index (χ2n) is 4.34. The smallest absolute Gasteiger partial charge is 0.139 e. The highest BCUT2D eigenvalue weighted by atomic mass is 32.2. The number of nitrogens with two attached hydrogens (primary N) is 1. The van der Waals surface area contributed by atoms with Gasteiger partial charge in [-0.3, -0.25) is 5.41 Å². The van der Waals surface area contributed by atoms with Crippen LogP contribution in [0.2, 0.25) is 0 Å². The average molecular weight is 286 g/mol. The fraction of sp³-hybridized carbons (Fsp3) is 0.188. The molecule has 104 valence electrons. The highest BCUT2D eigenvalue weighted by molar-refractivity contribution is 7.99. The van der Waals surface area contributed by atoms with Gasteiger partial charge >= 0.3 is 0 Å².